The van der Waals surface area contributed by atoms with E-state index in [1.54, 1.807) is 7.05 Å². The summed E-state index contributed by atoms with van der Waals surface area (Å²) in [5, 5.41) is 9.29. The summed E-state index contributed by atoms with van der Waals surface area (Å²) in [6.07, 6.45) is 3.81. The maximum atomic E-state index is 11.9. The second-order valence-electron chi connectivity index (χ2n) is 7.45. The third-order valence-electron chi connectivity index (χ3n) is 3.60. The van der Waals surface area contributed by atoms with Gasteiger partial charge in [-0.05, 0) is 26.7 Å². The third-order valence-corrected chi connectivity index (χ3v) is 3.60. The highest BCUT2D eigenvalue weighted by Crippen LogP contribution is 2.10. The summed E-state index contributed by atoms with van der Waals surface area (Å²) in [4.78, 5) is 18.4. The van der Waals surface area contributed by atoms with E-state index in [9.17, 15) is 4.79 Å². The van der Waals surface area contributed by atoms with Crippen LogP contribution in [0.4, 0.5) is 0 Å². The van der Waals surface area contributed by atoms with E-state index in [2.05, 4.69) is 52.8 Å². The fraction of sp³-hybridized carbons (Fsp3) is 0.684. The Morgan fingerprint density at radius 1 is 1.15 bits per heavy atom. The molecule has 0 spiro atoms. The predicted molar refractivity (Wildman–Crippen MR) is 123 cm³/mol. The van der Waals surface area contributed by atoms with Crippen LogP contribution < -0.4 is 16.0 Å². The van der Waals surface area contributed by atoms with Crippen LogP contribution in [0, 0.1) is 5.92 Å². The molecule has 0 saturated carbocycles. The van der Waals surface area contributed by atoms with Crippen molar-refractivity contribution in [2.24, 2.45) is 10.9 Å². The first-order valence-electron chi connectivity index (χ1n) is 8.86. The zero-order valence-electron chi connectivity index (χ0n) is 17.3. The van der Waals surface area contributed by atoms with Crippen LogP contribution in [-0.2, 0) is 4.79 Å². The molecule has 6 nitrogen and oxygen atoms in total. The molecule has 0 radical (unpaired) electrons. The standard InChI is InChI=1S/C19H37N5O.HI/c1-9-11-24(12-10-2)16(15(3)4)13-21-18(20-8)22-14-17(25)23-19(5,6)7;/h9-10,15-16H,1-2,11-14H2,3-8H3,(H,23,25)(H2,20,21,22);1H. The Hall–Kier alpha value is -1.09. The number of nitrogens with zero attached hydrogens (tertiary/aromatic N) is 2. The molecule has 7 heteroatoms. The molecule has 1 atom stereocenters. The molecule has 0 aromatic heterocycles. The lowest BCUT2D eigenvalue weighted by molar-refractivity contribution is -0.121. The predicted octanol–water partition coefficient (Wildman–Crippen LogP) is 2.38. The number of carbonyl (C=O) groups is 1. The van der Waals surface area contributed by atoms with Crippen LogP contribution in [-0.4, -0.2) is 61.6 Å². The monoisotopic (exact) mass is 479 g/mol. The minimum Gasteiger partial charge on any atom is -0.355 e. The van der Waals surface area contributed by atoms with E-state index in [0.717, 1.165) is 19.6 Å². The molecule has 0 fully saturated rings. The van der Waals surface area contributed by atoms with Crippen LogP contribution in [0.5, 0.6) is 0 Å². The van der Waals surface area contributed by atoms with Crippen molar-refractivity contribution in [2.45, 2.75) is 46.2 Å². The number of carbonyl (C=O) groups excluding carboxylic acids is 1. The molecule has 0 aliphatic carbocycles. The van der Waals surface area contributed by atoms with E-state index in [0.29, 0.717) is 17.9 Å². The van der Waals surface area contributed by atoms with Crippen molar-refractivity contribution in [2.75, 3.05) is 33.2 Å². The molecule has 0 bridgehead atoms. The summed E-state index contributed by atoms with van der Waals surface area (Å²) < 4.78 is 0. The fourth-order valence-corrected chi connectivity index (χ4v) is 2.51. The van der Waals surface area contributed by atoms with E-state index < -0.39 is 0 Å². The zero-order valence-corrected chi connectivity index (χ0v) is 19.6. The number of hydrogen-bond donors (Lipinski definition) is 3. The minimum atomic E-state index is -0.242. The topological polar surface area (TPSA) is 68.8 Å². The van der Waals surface area contributed by atoms with Crippen LogP contribution >= 0.6 is 24.0 Å². The maximum Gasteiger partial charge on any atom is 0.239 e. The summed E-state index contributed by atoms with van der Waals surface area (Å²) in [6.45, 7) is 20.4. The van der Waals surface area contributed by atoms with Gasteiger partial charge in [-0.25, -0.2) is 0 Å². The smallest absolute Gasteiger partial charge is 0.239 e. The van der Waals surface area contributed by atoms with Crippen LogP contribution in [0.1, 0.15) is 34.6 Å². The van der Waals surface area contributed by atoms with Gasteiger partial charge in [0.25, 0.3) is 0 Å². The third kappa shape index (κ3) is 12.3. The molecule has 26 heavy (non-hydrogen) atoms. The van der Waals surface area contributed by atoms with Crippen LogP contribution in [0.2, 0.25) is 0 Å². The van der Waals surface area contributed by atoms with Crippen LogP contribution in [0.15, 0.2) is 30.3 Å². The Kier molecular flexibility index (Phi) is 14.6. The molecule has 152 valence electrons. The number of hydrogen-bond acceptors (Lipinski definition) is 3. The van der Waals surface area contributed by atoms with Crippen molar-refractivity contribution in [3.8, 4) is 0 Å². The average molecular weight is 479 g/mol. The molecule has 0 saturated heterocycles. The first-order valence-corrected chi connectivity index (χ1v) is 8.86. The van der Waals surface area contributed by atoms with E-state index >= 15 is 0 Å². The highest BCUT2D eigenvalue weighted by Gasteiger charge is 2.20. The van der Waals surface area contributed by atoms with Gasteiger partial charge in [-0.3, -0.25) is 14.7 Å². The molecule has 0 heterocycles. The SMILES string of the molecule is C=CCN(CC=C)C(CNC(=NC)NCC(=O)NC(C)(C)C)C(C)C.I. The summed E-state index contributed by atoms with van der Waals surface area (Å²) in [5.74, 6) is 1.01. The Morgan fingerprint density at radius 2 is 1.69 bits per heavy atom. The number of halogens is 1. The lowest BCUT2D eigenvalue weighted by Gasteiger charge is -2.33. The average Bonchev–Trinajstić information content (AvgIpc) is 2.48. The van der Waals surface area contributed by atoms with Crippen molar-refractivity contribution < 1.29 is 4.79 Å². The molecule has 0 aliphatic heterocycles. The highest BCUT2D eigenvalue weighted by atomic mass is 127. The van der Waals surface area contributed by atoms with Crippen molar-refractivity contribution >= 4 is 35.8 Å². The summed E-state index contributed by atoms with van der Waals surface area (Å²) >= 11 is 0. The lowest BCUT2D eigenvalue weighted by atomic mass is 10.0. The second-order valence-corrected chi connectivity index (χ2v) is 7.45. The van der Waals surface area contributed by atoms with Gasteiger partial charge in [0, 0.05) is 38.3 Å². The van der Waals surface area contributed by atoms with Gasteiger partial charge in [0.05, 0.1) is 6.54 Å². The zero-order chi connectivity index (χ0) is 19.5. The lowest BCUT2D eigenvalue weighted by Crippen LogP contribution is -2.51. The van der Waals surface area contributed by atoms with Gasteiger partial charge < -0.3 is 16.0 Å². The van der Waals surface area contributed by atoms with E-state index in [4.69, 9.17) is 0 Å². The molecule has 0 aromatic rings. The number of nitrogens with one attached hydrogen (secondary N) is 3. The van der Waals surface area contributed by atoms with Gasteiger partial charge in [0.1, 0.15) is 0 Å². The van der Waals surface area contributed by atoms with Gasteiger partial charge in [-0.2, -0.15) is 0 Å². The van der Waals surface area contributed by atoms with E-state index in [1.807, 2.05) is 32.9 Å². The van der Waals surface area contributed by atoms with Crippen molar-refractivity contribution in [3.63, 3.8) is 0 Å². The summed E-state index contributed by atoms with van der Waals surface area (Å²) in [7, 11) is 1.70. The molecule has 1 unspecified atom stereocenters. The normalized spacial score (nSPS) is 13.0. The van der Waals surface area contributed by atoms with Gasteiger partial charge >= 0.3 is 0 Å². The quantitative estimate of drug-likeness (QED) is 0.195. The Morgan fingerprint density at radius 3 is 2.08 bits per heavy atom. The van der Waals surface area contributed by atoms with Crippen molar-refractivity contribution in [1.82, 2.24) is 20.9 Å². The molecule has 0 aliphatic rings. The van der Waals surface area contributed by atoms with Gasteiger partial charge in [0.15, 0.2) is 5.96 Å². The number of guanidine groups is 1. The van der Waals surface area contributed by atoms with Gasteiger partial charge in [0.2, 0.25) is 5.91 Å². The first kappa shape index (κ1) is 27.1. The Bertz CT molecular complexity index is 447. The molecule has 3 N–H and O–H groups in total. The second kappa shape index (κ2) is 14.0. The van der Waals surface area contributed by atoms with Crippen LogP contribution in [0.3, 0.4) is 0 Å². The van der Waals surface area contributed by atoms with Crippen molar-refractivity contribution in [1.29, 1.82) is 0 Å². The number of amides is 1. The largest absolute Gasteiger partial charge is 0.355 e. The maximum absolute atomic E-state index is 11.9. The number of rotatable bonds is 10. The molecule has 0 rings (SSSR count). The van der Waals surface area contributed by atoms with Gasteiger partial charge in [-0.15, -0.1) is 37.1 Å². The first-order chi connectivity index (χ1) is 11.6. The minimum absolute atomic E-state index is 0. The molecule has 1 amide bonds. The number of aliphatic imine (C=N–C) groups is 1. The van der Waals surface area contributed by atoms with Gasteiger partial charge in [-0.1, -0.05) is 26.0 Å². The molecular weight excluding hydrogens is 441 g/mol. The van der Waals surface area contributed by atoms with E-state index in [-0.39, 0.29) is 42.0 Å². The summed E-state index contributed by atoms with van der Waals surface area (Å²) in [6, 6.07) is 0.304. The van der Waals surface area contributed by atoms with E-state index in [1.165, 1.54) is 0 Å². The Balaban J connectivity index is 0. The highest BCUT2D eigenvalue weighted by molar-refractivity contribution is 14.0. The van der Waals surface area contributed by atoms with Crippen LogP contribution in [0.25, 0.3) is 0 Å². The Labute approximate surface area is 177 Å². The molecular formula is C19H38IN5O. The molecule has 0 aromatic carbocycles. The fourth-order valence-electron chi connectivity index (χ4n) is 2.51. The van der Waals surface area contributed by atoms with Crippen molar-refractivity contribution in [3.05, 3.63) is 25.3 Å². The summed E-state index contributed by atoms with van der Waals surface area (Å²) in [5.41, 5.74) is -0.242.